The first-order chi connectivity index (χ1) is 11.8. The highest BCUT2D eigenvalue weighted by Crippen LogP contribution is 2.25. The average Bonchev–Trinajstić information content (AvgIpc) is 2.90. The Morgan fingerprint density at radius 1 is 1.20 bits per heavy atom. The van der Waals surface area contributed by atoms with E-state index in [9.17, 15) is 9.59 Å². The van der Waals surface area contributed by atoms with Crippen molar-refractivity contribution in [1.29, 1.82) is 0 Å². The normalized spacial score (nSPS) is 19.8. The van der Waals surface area contributed by atoms with Crippen molar-refractivity contribution in [3.05, 3.63) is 47.1 Å². The molecule has 0 spiro atoms. The van der Waals surface area contributed by atoms with Gasteiger partial charge in [-0.15, -0.1) is 0 Å². The van der Waals surface area contributed by atoms with Crippen molar-refractivity contribution in [1.82, 2.24) is 14.9 Å². The summed E-state index contributed by atoms with van der Waals surface area (Å²) in [6.07, 6.45) is 4.66. The fourth-order valence-electron chi connectivity index (χ4n) is 2.81. The molecule has 1 saturated carbocycles. The van der Waals surface area contributed by atoms with Crippen LogP contribution in [0.2, 0.25) is 0 Å². The van der Waals surface area contributed by atoms with Gasteiger partial charge in [-0.2, -0.15) is 0 Å². The highest BCUT2D eigenvalue weighted by Gasteiger charge is 2.31. The largest absolute Gasteiger partial charge is 0.444 e. The van der Waals surface area contributed by atoms with Crippen LogP contribution in [-0.4, -0.2) is 33.3 Å². The van der Waals surface area contributed by atoms with Crippen LogP contribution in [0, 0.1) is 0 Å². The van der Waals surface area contributed by atoms with Crippen molar-refractivity contribution >= 4 is 11.8 Å². The van der Waals surface area contributed by atoms with E-state index < -0.39 is 5.60 Å². The van der Waals surface area contributed by atoms with Gasteiger partial charge in [0.25, 0.3) is 0 Å². The van der Waals surface area contributed by atoms with Crippen LogP contribution in [0.15, 0.2) is 41.5 Å². The third-order valence-corrected chi connectivity index (χ3v) is 4.02. The molecule has 0 aliphatic heterocycles. The summed E-state index contributed by atoms with van der Waals surface area (Å²) >= 11 is 0. The molecule has 3 rings (SSSR count). The van der Waals surface area contributed by atoms with E-state index >= 15 is 0 Å². The number of amides is 1. The molecule has 134 valence electrons. The van der Waals surface area contributed by atoms with E-state index in [-0.39, 0.29) is 17.8 Å². The average molecular weight is 344 g/mol. The van der Waals surface area contributed by atoms with Crippen LogP contribution in [0.25, 0.3) is 5.69 Å². The van der Waals surface area contributed by atoms with E-state index in [1.807, 2.05) is 45.0 Å². The molecule has 1 aliphatic carbocycles. The summed E-state index contributed by atoms with van der Waals surface area (Å²) in [5.41, 5.74) is 1.17. The second-order valence-corrected chi connectivity index (χ2v) is 7.34. The van der Waals surface area contributed by atoms with Gasteiger partial charge in [-0.1, -0.05) is 0 Å². The van der Waals surface area contributed by atoms with Gasteiger partial charge >= 0.3 is 11.8 Å². The summed E-state index contributed by atoms with van der Waals surface area (Å²) in [5.74, 6) is 0. The molecule has 7 heteroatoms. The molecule has 1 amide bonds. The van der Waals surface area contributed by atoms with Gasteiger partial charge in [-0.3, -0.25) is 4.57 Å². The number of imidazole rings is 1. The maximum atomic E-state index is 11.7. The maximum absolute atomic E-state index is 11.7. The lowest BCUT2D eigenvalue weighted by Crippen LogP contribution is -2.50. The van der Waals surface area contributed by atoms with Gasteiger partial charge in [-0.05, 0) is 57.9 Å². The molecule has 2 aromatic rings. The number of anilines is 1. The van der Waals surface area contributed by atoms with E-state index in [2.05, 4.69) is 15.6 Å². The van der Waals surface area contributed by atoms with E-state index in [1.165, 1.54) is 0 Å². The molecule has 0 radical (unpaired) electrons. The molecule has 3 N–H and O–H groups in total. The number of alkyl carbamates (subject to hydrolysis) is 1. The molecule has 0 bridgehead atoms. The van der Waals surface area contributed by atoms with Gasteiger partial charge in [0.1, 0.15) is 5.60 Å². The maximum Gasteiger partial charge on any atom is 0.407 e. The van der Waals surface area contributed by atoms with Gasteiger partial charge in [0.05, 0.1) is 5.69 Å². The summed E-state index contributed by atoms with van der Waals surface area (Å²) < 4.78 is 6.80. The number of hydrogen-bond donors (Lipinski definition) is 3. The van der Waals surface area contributed by atoms with Crippen LogP contribution in [0.5, 0.6) is 0 Å². The number of benzene rings is 1. The number of nitrogens with zero attached hydrogens (tertiary/aromatic N) is 1. The van der Waals surface area contributed by atoms with E-state index in [1.54, 1.807) is 17.0 Å². The summed E-state index contributed by atoms with van der Waals surface area (Å²) in [5, 5.41) is 6.31. The van der Waals surface area contributed by atoms with Crippen LogP contribution in [0.1, 0.15) is 33.6 Å². The number of aromatic amines is 1. The lowest BCUT2D eigenvalue weighted by molar-refractivity contribution is 0.0475. The molecule has 1 fully saturated rings. The van der Waals surface area contributed by atoms with Crippen LogP contribution in [0.3, 0.4) is 0 Å². The van der Waals surface area contributed by atoms with Crippen LogP contribution >= 0.6 is 0 Å². The fourth-order valence-corrected chi connectivity index (χ4v) is 2.81. The second kappa shape index (κ2) is 6.66. The highest BCUT2D eigenvalue weighted by molar-refractivity contribution is 5.68. The topological polar surface area (TPSA) is 88.2 Å². The quantitative estimate of drug-likeness (QED) is 0.795. The number of rotatable bonds is 4. The van der Waals surface area contributed by atoms with Crippen molar-refractivity contribution in [3.63, 3.8) is 0 Å². The van der Waals surface area contributed by atoms with Crippen LogP contribution in [-0.2, 0) is 4.74 Å². The van der Waals surface area contributed by atoms with Crippen LogP contribution in [0.4, 0.5) is 10.5 Å². The van der Waals surface area contributed by atoms with Gasteiger partial charge < -0.3 is 20.4 Å². The zero-order valence-corrected chi connectivity index (χ0v) is 14.7. The van der Waals surface area contributed by atoms with Gasteiger partial charge in [0.2, 0.25) is 0 Å². The van der Waals surface area contributed by atoms with E-state index in [4.69, 9.17) is 4.74 Å². The van der Waals surface area contributed by atoms with Crippen molar-refractivity contribution in [3.8, 4) is 5.69 Å². The van der Waals surface area contributed by atoms with Crippen molar-refractivity contribution in [2.75, 3.05) is 5.32 Å². The minimum Gasteiger partial charge on any atom is -0.444 e. The lowest BCUT2D eigenvalue weighted by Gasteiger charge is -2.37. The number of ether oxygens (including phenoxy) is 1. The lowest BCUT2D eigenvalue weighted by atomic mass is 9.86. The van der Waals surface area contributed by atoms with E-state index in [0.717, 1.165) is 24.2 Å². The molecular formula is C18H24N4O3. The molecule has 0 atom stereocenters. The Kier molecular flexibility index (Phi) is 4.57. The molecule has 1 aromatic carbocycles. The predicted molar refractivity (Wildman–Crippen MR) is 96.2 cm³/mol. The number of H-pyrrole nitrogens is 1. The smallest absolute Gasteiger partial charge is 0.407 e. The predicted octanol–water partition coefficient (Wildman–Crippen LogP) is 2.63. The minimum absolute atomic E-state index is 0.144. The number of hydrogen-bond acceptors (Lipinski definition) is 4. The second-order valence-electron chi connectivity index (χ2n) is 7.34. The highest BCUT2D eigenvalue weighted by atomic mass is 16.6. The summed E-state index contributed by atoms with van der Waals surface area (Å²) in [7, 11) is 0. The number of aromatic nitrogens is 2. The summed E-state index contributed by atoms with van der Waals surface area (Å²) in [6.45, 7) is 5.55. The molecule has 7 nitrogen and oxygen atoms in total. The first kappa shape index (κ1) is 17.1. The molecule has 0 unspecified atom stereocenters. The number of carbonyl (C=O) groups excluding carboxylic acids is 1. The third kappa shape index (κ3) is 4.43. The molecule has 25 heavy (non-hydrogen) atoms. The Balaban J connectivity index is 1.47. The fraction of sp³-hybridized carbons (Fsp3) is 0.444. The van der Waals surface area contributed by atoms with Gasteiger partial charge in [-0.25, -0.2) is 9.59 Å². The van der Waals surface area contributed by atoms with Crippen molar-refractivity contribution < 1.29 is 9.53 Å². The van der Waals surface area contributed by atoms with E-state index in [0.29, 0.717) is 6.04 Å². The summed E-state index contributed by atoms with van der Waals surface area (Å²) in [4.78, 5) is 25.9. The Hall–Kier alpha value is -2.70. The molecule has 0 saturated heterocycles. The first-order valence-electron chi connectivity index (χ1n) is 8.43. The molecule has 1 aromatic heterocycles. The summed E-state index contributed by atoms with van der Waals surface area (Å²) in [6, 6.07) is 8.15. The van der Waals surface area contributed by atoms with Crippen molar-refractivity contribution in [2.45, 2.75) is 51.3 Å². The molecule has 1 aliphatic rings. The number of carbonyl (C=O) groups is 1. The zero-order valence-electron chi connectivity index (χ0n) is 14.7. The Labute approximate surface area is 146 Å². The zero-order chi connectivity index (χ0) is 18.0. The van der Waals surface area contributed by atoms with Crippen LogP contribution < -0.4 is 16.3 Å². The standard InChI is InChI=1S/C18H24N4O3/c1-18(2,3)25-17(24)21-14-10-13(11-14)20-12-4-6-15(7-5-12)22-9-8-19-16(22)23/h4-9,13-14,20H,10-11H2,1-3H3,(H,19,23)(H,21,24). The Morgan fingerprint density at radius 3 is 2.44 bits per heavy atom. The third-order valence-electron chi connectivity index (χ3n) is 4.02. The minimum atomic E-state index is -0.478. The van der Waals surface area contributed by atoms with Gasteiger partial charge in [0.15, 0.2) is 0 Å². The SMILES string of the molecule is CC(C)(C)OC(=O)NC1CC(Nc2ccc(-n3cc[nH]c3=O)cc2)C1. The van der Waals surface area contributed by atoms with Crippen molar-refractivity contribution in [2.24, 2.45) is 0 Å². The Morgan fingerprint density at radius 2 is 1.88 bits per heavy atom. The monoisotopic (exact) mass is 344 g/mol. The molecular weight excluding hydrogens is 320 g/mol. The number of nitrogens with one attached hydrogen (secondary N) is 3. The Bertz CT molecular complexity index is 780. The molecule has 1 heterocycles. The first-order valence-corrected chi connectivity index (χ1v) is 8.43. The van der Waals surface area contributed by atoms with Gasteiger partial charge in [0, 0.05) is 30.2 Å².